The molecule has 0 aliphatic rings. The minimum Gasteiger partial charge on any atom is -0.277 e. The summed E-state index contributed by atoms with van der Waals surface area (Å²) in [6, 6.07) is 4.07. The molecule has 0 aliphatic carbocycles. The van der Waals surface area contributed by atoms with Crippen LogP contribution in [0.3, 0.4) is 0 Å². The average Bonchev–Trinajstić information content (AvgIpc) is 2.01. The zero-order valence-corrected chi connectivity index (χ0v) is 6.88. The van der Waals surface area contributed by atoms with Gasteiger partial charge in [0, 0.05) is 6.54 Å². The molecular formula is C8H13N3. The van der Waals surface area contributed by atoms with Crippen molar-refractivity contribution in [1.82, 2.24) is 4.90 Å². The van der Waals surface area contributed by atoms with E-state index in [1.165, 1.54) is 0 Å². The van der Waals surface area contributed by atoms with E-state index in [-0.39, 0.29) is 0 Å². The molecule has 0 atom stereocenters. The van der Waals surface area contributed by atoms with Crippen LogP contribution in [0.15, 0.2) is 0 Å². The second-order valence-corrected chi connectivity index (χ2v) is 2.38. The molecule has 0 saturated heterocycles. The first-order chi connectivity index (χ1) is 5.35. The van der Waals surface area contributed by atoms with Crippen LogP contribution < -0.4 is 0 Å². The lowest BCUT2D eigenvalue weighted by molar-refractivity contribution is 0.335. The van der Waals surface area contributed by atoms with Crippen LogP contribution in [0, 0.1) is 22.7 Å². The Morgan fingerprint density at radius 3 is 2.09 bits per heavy atom. The van der Waals surface area contributed by atoms with E-state index in [0.717, 1.165) is 19.4 Å². The molecule has 0 bridgehead atoms. The van der Waals surface area contributed by atoms with Gasteiger partial charge in [0.05, 0.1) is 25.2 Å². The molecule has 0 amide bonds. The smallest absolute Gasteiger partial charge is 0.0874 e. The minimum atomic E-state index is 0.369. The first-order valence-electron chi connectivity index (χ1n) is 3.81. The van der Waals surface area contributed by atoms with Crippen molar-refractivity contribution in [3.8, 4) is 12.1 Å². The highest BCUT2D eigenvalue weighted by Gasteiger charge is 2.00. The fourth-order valence-electron chi connectivity index (χ4n) is 0.796. The third kappa shape index (κ3) is 5.39. The molecule has 0 aromatic heterocycles. The van der Waals surface area contributed by atoms with Gasteiger partial charge in [0.1, 0.15) is 0 Å². The molecule has 0 spiro atoms. The second-order valence-electron chi connectivity index (χ2n) is 2.38. The van der Waals surface area contributed by atoms with Gasteiger partial charge in [-0.05, 0) is 6.42 Å². The number of hydrogen-bond donors (Lipinski definition) is 0. The van der Waals surface area contributed by atoms with Crippen molar-refractivity contribution in [3.63, 3.8) is 0 Å². The average molecular weight is 151 g/mol. The highest BCUT2D eigenvalue weighted by atomic mass is 15.1. The van der Waals surface area contributed by atoms with Crippen LogP contribution in [-0.2, 0) is 0 Å². The molecule has 0 aliphatic heterocycles. The largest absolute Gasteiger partial charge is 0.277 e. The summed E-state index contributed by atoms with van der Waals surface area (Å²) < 4.78 is 0. The second kappa shape index (κ2) is 7.05. The Hall–Kier alpha value is -1.06. The molecule has 0 heterocycles. The van der Waals surface area contributed by atoms with Gasteiger partial charge in [0.2, 0.25) is 0 Å². The Labute approximate surface area is 67.8 Å². The molecule has 0 radical (unpaired) electrons. The molecular weight excluding hydrogens is 138 g/mol. The summed E-state index contributed by atoms with van der Waals surface area (Å²) >= 11 is 0. The molecule has 3 nitrogen and oxygen atoms in total. The maximum absolute atomic E-state index is 8.36. The number of rotatable bonds is 5. The van der Waals surface area contributed by atoms with Crippen LogP contribution in [0.25, 0.3) is 0 Å². The van der Waals surface area contributed by atoms with Crippen LogP contribution in [0.2, 0.25) is 0 Å². The van der Waals surface area contributed by atoms with Crippen molar-refractivity contribution < 1.29 is 0 Å². The van der Waals surface area contributed by atoms with Gasteiger partial charge in [-0.15, -0.1) is 0 Å². The molecule has 0 aromatic rings. The van der Waals surface area contributed by atoms with Gasteiger partial charge in [-0.25, -0.2) is 0 Å². The first kappa shape index (κ1) is 9.94. The van der Waals surface area contributed by atoms with Gasteiger partial charge >= 0.3 is 0 Å². The highest BCUT2D eigenvalue weighted by Crippen LogP contribution is 1.92. The molecule has 0 N–H and O–H groups in total. The molecule has 11 heavy (non-hydrogen) atoms. The molecule has 0 aromatic carbocycles. The van der Waals surface area contributed by atoms with Crippen LogP contribution in [0.1, 0.15) is 19.8 Å². The van der Waals surface area contributed by atoms with E-state index < -0.39 is 0 Å². The van der Waals surface area contributed by atoms with E-state index in [0.29, 0.717) is 13.1 Å². The van der Waals surface area contributed by atoms with Crippen molar-refractivity contribution in [2.45, 2.75) is 19.8 Å². The topological polar surface area (TPSA) is 50.8 Å². The zero-order chi connectivity index (χ0) is 8.53. The number of nitrogens with zero attached hydrogens (tertiary/aromatic N) is 3. The molecule has 0 unspecified atom stereocenters. The lowest BCUT2D eigenvalue weighted by Gasteiger charge is -2.13. The Balaban J connectivity index is 3.54. The summed E-state index contributed by atoms with van der Waals surface area (Å²) in [6.45, 7) is 3.69. The van der Waals surface area contributed by atoms with Crippen LogP contribution >= 0.6 is 0 Å². The van der Waals surface area contributed by atoms with E-state index in [9.17, 15) is 0 Å². The predicted molar refractivity (Wildman–Crippen MR) is 42.6 cm³/mol. The summed E-state index contributed by atoms with van der Waals surface area (Å²) in [6.07, 6.45) is 2.16. The monoisotopic (exact) mass is 151 g/mol. The van der Waals surface area contributed by atoms with Crippen molar-refractivity contribution >= 4 is 0 Å². The van der Waals surface area contributed by atoms with Gasteiger partial charge in [-0.1, -0.05) is 13.3 Å². The van der Waals surface area contributed by atoms with Crippen molar-refractivity contribution in [2.24, 2.45) is 0 Å². The van der Waals surface area contributed by atoms with E-state index in [1.807, 2.05) is 17.0 Å². The summed E-state index contributed by atoms with van der Waals surface area (Å²) in [7, 11) is 0. The molecule has 60 valence electrons. The standard InChI is InChI=1S/C8H13N3/c1-2-3-6-11(7-4-9)8-5-10/h2-3,6-8H2,1H3. The van der Waals surface area contributed by atoms with Gasteiger partial charge in [0.25, 0.3) is 0 Å². The van der Waals surface area contributed by atoms with Crippen LogP contribution in [-0.4, -0.2) is 24.5 Å². The minimum absolute atomic E-state index is 0.369. The molecule has 0 rings (SSSR count). The van der Waals surface area contributed by atoms with Crippen molar-refractivity contribution in [3.05, 3.63) is 0 Å². The lowest BCUT2D eigenvalue weighted by Crippen LogP contribution is -2.25. The summed E-state index contributed by atoms with van der Waals surface area (Å²) in [4.78, 5) is 1.85. The Kier molecular flexibility index (Phi) is 6.37. The number of nitriles is 2. The fourth-order valence-corrected chi connectivity index (χ4v) is 0.796. The number of unbranched alkanes of at least 4 members (excludes halogenated alkanes) is 1. The Morgan fingerprint density at radius 1 is 1.18 bits per heavy atom. The molecule has 0 fully saturated rings. The normalized spacial score (nSPS) is 9.09. The third-order valence-corrected chi connectivity index (χ3v) is 1.42. The van der Waals surface area contributed by atoms with E-state index in [1.54, 1.807) is 0 Å². The van der Waals surface area contributed by atoms with E-state index in [4.69, 9.17) is 10.5 Å². The Morgan fingerprint density at radius 2 is 1.73 bits per heavy atom. The summed E-state index contributed by atoms with van der Waals surface area (Å²) in [5.41, 5.74) is 0. The highest BCUT2D eigenvalue weighted by molar-refractivity contribution is 4.83. The third-order valence-electron chi connectivity index (χ3n) is 1.42. The van der Waals surface area contributed by atoms with Crippen LogP contribution in [0.4, 0.5) is 0 Å². The van der Waals surface area contributed by atoms with E-state index >= 15 is 0 Å². The first-order valence-corrected chi connectivity index (χ1v) is 3.81. The van der Waals surface area contributed by atoms with Gasteiger partial charge in [-0.3, -0.25) is 4.90 Å². The fraction of sp³-hybridized carbons (Fsp3) is 0.750. The summed E-state index contributed by atoms with van der Waals surface area (Å²) in [5.74, 6) is 0. The van der Waals surface area contributed by atoms with Gasteiger partial charge in [-0.2, -0.15) is 10.5 Å². The van der Waals surface area contributed by atoms with Crippen molar-refractivity contribution in [2.75, 3.05) is 19.6 Å². The zero-order valence-electron chi connectivity index (χ0n) is 6.88. The maximum atomic E-state index is 8.36. The molecule has 3 heteroatoms. The van der Waals surface area contributed by atoms with Crippen LogP contribution in [0.5, 0.6) is 0 Å². The van der Waals surface area contributed by atoms with E-state index in [2.05, 4.69) is 6.92 Å². The van der Waals surface area contributed by atoms with Gasteiger partial charge in [0.15, 0.2) is 0 Å². The lowest BCUT2D eigenvalue weighted by atomic mass is 10.3. The predicted octanol–water partition coefficient (Wildman–Crippen LogP) is 1.14. The Bertz CT molecular complexity index is 147. The maximum Gasteiger partial charge on any atom is 0.0874 e. The SMILES string of the molecule is CCCCN(CC#N)CC#N. The summed E-state index contributed by atoms with van der Waals surface area (Å²) in [5, 5.41) is 16.7. The quantitative estimate of drug-likeness (QED) is 0.553. The van der Waals surface area contributed by atoms with Crippen molar-refractivity contribution in [1.29, 1.82) is 10.5 Å². The van der Waals surface area contributed by atoms with Gasteiger partial charge < -0.3 is 0 Å². The molecule has 0 saturated carbocycles. The number of hydrogen-bond acceptors (Lipinski definition) is 3.